The van der Waals surface area contributed by atoms with Crippen molar-refractivity contribution in [3.8, 4) is 11.4 Å². The molecule has 10 heteroatoms. The Morgan fingerprint density at radius 2 is 2.08 bits per heavy atom. The molecule has 1 aromatic heterocycles. The second kappa shape index (κ2) is 7.98. The predicted molar refractivity (Wildman–Crippen MR) is 99.3 cm³/mol. The van der Waals surface area contributed by atoms with E-state index < -0.39 is 4.92 Å². The normalized spacial score (nSPS) is 10.5. The zero-order valence-electron chi connectivity index (χ0n) is 13.2. The SMILES string of the molecule is O=C(CSc1n[nH]c(-c2ccccc2Cl)n1)Nc1cccc([N+](=O)[O-])c1. The Kier molecular flexibility index (Phi) is 5.49. The van der Waals surface area contributed by atoms with Crippen LogP contribution in [-0.2, 0) is 4.79 Å². The van der Waals surface area contributed by atoms with Gasteiger partial charge in [0.25, 0.3) is 5.69 Å². The Bertz CT molecular complexity index is 962. The van der Waals surface area contributed by atoms with Gasteiger partial charge in [0.2, 0.25) is 11.1 Å². The number of rotatable bonds is 6. The number of nitro groups is 1. The molecule has 0 aliphatic carbocycles. The number of halogens is 1. The van der Waals surface area contributed by atoms with Crippen molar-refractivity contribution >= 4 is 40.6 Å². The molecule has 3 aromatic rings. The van der Waals surface area contributed by atoms with Crippen LogP contribution in [0.5, 0.6) is 0 Å². The molecule has 132 valence electrons. The van der Waals surface area contributed by atoms with Crippen molar-refractivity contribution in [3.05, 3.63) is 63.7 Å². The predicted octanol–water partition coefficient (Wildman–Crippen LogP) is 3.76. The Labute approximate surface area is 157 Å². The van der Waals surface area contributed by atoms with Crippen LogP contribution in [0.1, 0.15) is 0 Å². The molecular weight excluding hydrogens is 378 g/mol. The first-order valence-corrected chi connectivity index (χ1v) is 8.73. The maximum Gasteiger partial charge on any atom is 0.271 e. The Hall–Kier alpha value is -2.91. The Balaban J connectivity index is 1.59. The number of nitrogens with one attached hydrogen (secondary N) is 2. The number of aromatic amines is 1. The van der Waals surface area contributed by atoms with Crippen LogP contribution in [0.25, 0.3) is 11.4 Å². The molecule has 0 bridgehead atoms. The van der Waals surface area contributed by atoms with Gasteiger partial charge in [0.1, 0.15) is 0 Å². The molecule has 0 saturated carbocycles. The van der Waals surface area contributed by atoms with E-state index in [9.17, 15) is 14.9 Å². The van der Waals surface area contributed by atoms with Gasteiger partial charge < -0.3 is 5.32 Å². The molecule has 0 fully saturated rings. The van der Waals surface area contributed by atoms with E-state index in [2.05, 4.69) is 20.5 Å². The largest absolute Gasteiger partial charge is 0.325 e. The highest BCUT2D eigenvalue weighted by Gasteiger charge is 2.12. The lowest BCUT2D eigenvalue weighted by Gasteiger charge is -2.03. The number of hydrogen-bond donors (Lipinski definition) is 2. The van der Waals surface area contributed by atoms with Gasteiger partial charge >= 0.3 is 0 Å². The molecular formula is C16H12ClN5O3S. The summed E-state index contributed by atoms with van der Waals surface area (Å²) >= 11 is 7.25. The summed E-state index contributed by atoms with van der Waals surface area (Å²) in [5.41, 5.74) is 0.986. The molecule has 1 amide bonds. The molecule has 0 aliphatic heterocycles. The summed E-state index contributed by atoms with van der Waals surface area (Å²) in [6.07, 6.45) is 0. The first-order valence-electron chi connectivity index (χ1n) is 7.37. The van der Waals surface area contributed by atoms with Crippen molar-refractivity contribution < 1.29 is 9.72 Å². The quantitative estimate of drug-likeness (QED) is 0.377. The fourth-order valence-electron chi connectivity index (χ4n) is 2.11. The smallest absolute Gasteiger partial charge is 0.271 e. The number of aromatic nitrogens is 3. The first-order chi connectivity index (χ1) is 12.5. The van der Waals surface area contributed by atoms with Crippen molar-refractivity contribution in [1.82, 2.24) is 15.2 Å². The summed E-state index contributed by atoms with van der Waals surface area (Å²) in [5, 5.41) is 21.1. The van der Waals surface area contributed by atoms with Crippen LogP contribution in [0.3, 0.4) is 0 Å². The lowest BCUT2D eigenvalue weighted by molar-refractivity contribution is -0.384. The third kappa shape index (κ3) is 4.38. The van der Waals surface area contributed by atoms with Gasteiger partial charge in [-0.25, -0.2) is 4.98 Å². The second-order valence-corrected chi connectivity index (χ2v) is 6.44. The molecule has 3 rings (SSSR count). The van der Waals surface area contributed by atoms with E-state index >= 15 is 0 Å². The Morgan fingerprint density at radius 3 is 2.85 bits per heavy atom. The first kappa shape index (κ1) is 17.9. The van der Waals surface area contributed by atoms with Gasteiger partial charge in [-0.2, -0.15) is 0 Å². The third-order valence-electron chi connectivity index (χ3n) is 3.27. The lowest BCUT2D eigenvalue weighted by atomic mass is 10.2. The molecule has 0 spiro atoms. The number of nitrogens with zero attached hydrogens (tertiary/aromatic N) is 3. The average Bonchev–Trinajstić information content (AvgIpc) is 3.09. The highest BCUT2D eigenvalue weighted by Crippen LogP contribution is 2.26. The third-order valence-corrected chi connectivity index (χ3v) is 4.44. The van der Waals surface area contributed by atoms with Crippen LogP contribution >= 0.6 is 23.4 Å². The van der Waals surface area contributed by atoms with Crippen molar-refractivity contribution in [2.45, 2.75) is 5.16 Å². The number of nitro benzene ring substituents is 1. The van der Waals surface area contributed by atoms with Gasteiger partial charge in [0, 0.05) is 23.4 Å². The highest BCUT2D eigenvalue weighted by atomic mass is 35.5. The number of benzene rings is 2. The summed E-state index contributed by atoms with van der Waals surface area (Å²) in [7, 11) is 0. The molecule has 0 unspecified atom stereocenters. The summed E-state index contributed by atoms with van der Waals surface area (Å²) in [6, 6.07) is 13.0. The molecule has 0 aliphatic rings. The summed E-state index contributed by atoms with van der Waals surface area (Å²) in [6.45, 7) is 0. The molecule has 1 heterocycles. The number of amides is 1. The van der Waals surface area contributed by atoms with Crippen molar-refractivity contribution in [2.24, 2.45) is 0 Å². The van der Waals surface area contributed by atoms with Gasteiger partial charge in [-0.3, -0.25) is 20.0 Å². The fraction of sp³-hybridized carbons (Fsp3) is 0.0625. The van der Waals surface area contributed by atoms with Crippen LogP contribution in [0.15, 0.2) is 53.7 Å². The second-order valence-electron chi connectivity index (χ2n) is 5.09. The van der Waals surface area contributed by atoms with Crippen molar-refractivity contribution in [3.63, 3.8) is 0 Å². The fourth-order valence-corrected chi connectivity index (χ4v) is 2.93. The number of thioether (sulfide) groups is 1. The minimum Gasteiger partial charge on any atom is -0.325 e. The number of carbonyl (C=O) groups is 1. The molecule has 26 heavy (non-hydrogen) atoms. The van der Waals surface area contributed by atoms with Gasteiger partial charge in [-0.1, -0.05) is 41.6 Å². The summed E-state index contributed by atoms with van der Waals surface area (Å²) < 4.78 is 0. The standard InChI is InChI=1S/C16H12ClN5O3S/c17-13-7-2-1-6-12(13)15-19-16(21-20-15)26-9-14(23)18-10-4-3-5-11(8-10)22(24)25/h1-8H,9H2,(H,18,23)(H,19,20,21). The van der Waals surface area contributed by atoms with Crippen molar-refractivity contribution in [1.29, 1.82) is 0 Å². The maximum absolute atomic E-state index is 12.0. The summed E-state index contributed by atoms with van der Waals surface area (Å²) in [4.78, 5) is 26.5. The molecule has 0 saturated heterocycles. The van der Waals surface area contributed by atoms with Crippen LogP contribution < -0.4 is 5.32 Å². The Morgan fingerprint density at radius 1 is 1.27 bits per heavy atom. The van der Waals surface area contributed by atoms with E-state index in [1.807, 2.05) is 18.2 Å². The zero-order chi connectivity index (χ0) is 18.5. The molecule has 2 N–H and O–H groups in total. The molecule has 8 nitrogen and oxygen atoms in total. The minimum absolute atomic E-state index is 0.0580. The van der Waals surface area contributed by atoms with Gasteiger partial charge in [-0.05, 0) is 18.2 Å². The van der Waals surface area contributed by atoms with Gasteiger partial charge in [-0.15, -0.1) is 5.10 Å². The van der Waals surface area contributed by atoms with E-state index in [0.29, 0.717) is 21.7 Å². The summed E-state index contributed by atoms with van der Waals surface area (Å²) in [5.74, 6) is 0.250. The van der Waals surface area contributed by atoms with E-state index in [4.69, 9.17) is 11.6 Å². The topological polar surface area (TPSA) is 114 Å². The van der Waals surface area contributed by atoms with E-state index in [1.54, 1.807) is 12.1 Å². The van der Waals surface area contributed by atoms with Crippen LogP contribution in [0.2, 0.25) is 5.02 Å². The molecule has 0 atom stereocenters. The van der Waals surface area contributed by atoms with Crippen molar-refractivity contribution in [2.75, 3.05) is 11.1 Å². The van der Waals surface area contributed by atoms with Crippen LogP contribution in [-0.4, -0.2) is 31.8 Å². The maximum atomic E-state index is 12.0. The van der Waals surface area contributed by atoms with E-state index in [1.165, 1.54) is 18.2 Å². The zero-order valence-corrected chi connectivity index (χ0v) is 14.8. The van der Waals surface area contributed by atoms with Gasteiger partial charge in [0.05, 0.1) is 15.7 Å². The van der Waals surface area contributed by atoms with Crippen LogP contribution in [0.4, 0.5) is 11.4 Å². The monoisotopic (exact) mass is 389 g/mol. The van der Waals surface area contributed by atoms with Crippen LogP contribution in [0, 0.1) is 10.1 Å². The van der Waals surface area contributed by atoms with E-state index in [0.717, 1.165) is 17.3 Å². The number of non-ortho nitro benzene ring substituents is 1. The average molecular weight is 390 g/mol. The number of anilines is 1. The lowest BCUT2D eigenvalue weighted by Crippen LogP contribution is -2.14. The van der Waals surface area contributed by atoms with Gasteiger partial charge in [0.15, 0.2) is 5.82 Å². The number of carbonyl (C=O) groups excluding carboxylic acids is 1. The highest BCUT2D eigenvalue weighted by molar-refractivity contribution is 7.99. The van der Waals surface area contributed by atoms with E-state index in [-0.39, 0.29) is 17.3 Å². The molecule has 2 aromatic carbocycles. The number of hydrogen-bond acceptors (Lipinski definition) is 6. The minimum atomic E-state index is -0.520. The number of H-pyrrole nitrogens is 1. The molecule has 0 radical (unpaired) electrons.